The molecule has 1 amide bonds. The quantitative estimate of drug-likeness (QED) is 0.852. The summed E-state index contributed by atoms with van der Waals surface area (Å²) in [5.41, 5.74) is 0. The lowest BCUT2D eigenvalue weighted by Gasteiger charge is -2.29. The van der Waals surface area contributed by atoms with E-state index in [2.05, 4.69) is 22.2 Å². The van der Waals surface area contributed by atoms with Gasteiger partial charge in [0.1, 0.15) is 5.75 Å². The molecule has 1 unspecified atom stereocenters. The maximum absolute atomic E-state index is 11.7. The zero-order valence-electron chi connectivity index (χ0n) is 12.0. The number of ether oxygens (including phenoxy) is 1. The van der Waals surface area contributed by atoms with Gasteiger partial charge in [0, 0.05) is 19.3 Å². The summed E-state index contributed by atoms with van der Waals surface area (Å²) in [6.07, 6.45) is 6.86. The molecule has 0 radical (unpaired) electrons. The molecule has 0 aliphatic carbocycles. The lowest BCUT2D eigenvalue weighted by atomic mass is 9.95. The number of hydrogen-bond donors (Lipinski definition) is 1. The number of amides is 1. The Labute approximate surface area is 120 Å². The first-order chi connectivity index (χ1) is 9.74. The minimum atomic E-state index is -0.0713. The number of nitrogens with zero attached hydrogens (tertiary/aromatic N) is 2. The molecule has 0 bridgehead atoms. The Hall–Kier alpha value is -1.62. The van der Waals surface area contributed by atoms with Crippen LogP contribution in [0.1, 0.15) is 19.3 Å². The molecule has 1 atom stereocenters. The molecular weight excluding hydrogens is 254 g/mol. The molecule has 1 aromatic rings. The van der Waals surface area contributed by atoms with Gasteiger partial charge in [-0.1, -0.05) is 0 Å². The van der Waals surface area contributed by atoms with Crippen LogP contribution in [0.2, 0.25) is 0 Å². The summed E-state index contributed by atoms with van der Waals surface area (Å²) in [4.78, 5) is 17.9. The molecule has 5 nitrogen and oxygen atoms in total. The minimum Gasteiger partial charge on any atom is -0.482 e. The van der Waals surface area contributed by atoms with E-state index in [1.807, 2.05) is 0 Å². The topological polar surface area (TPSA) is 54.5 Å². The third kappa shape index (κ3) is 5.17. The van der Waals surface area contributed by atoms with Gasteiger partial charge in [-0.3, -0.25) is 9.78 Å². The second-order valence-electron chi connectivity index (χ2n) is 5.39. The van der Waals surface area contributed by atoms with Crippen molar-refractivity contribution in [1.82, 2.24) is 15.2 Å². The van der Waals surface area contributed by atoms with E-state index < -0.39 is 0 Å². The summed E-state index contributed by atoms with van der Waals surface area (Å²) < 4.78 is 5.34. The Morgan fingerprint density at radius 2 is 2.50 bits per heavy atom. The highest BCUT2D eigenvalue weighted by Crippen LogP contribution is 2.17. The van der Waals surface area contributed by atoms with E-state index >= 15 is 0 Å². The standard InChI is InChI=1S/C15H23N3O2/c1-18-9-3-4-13(11-18)6-8-17-15(19)12-20-14-5-2-7-16-10-14/h2,5,7,10,13H,3-4,6,8-9,11-12H2,1H3,(H,17,19). The van der Waals surface area contributed by atoms with Crippen LogP contribution in [0, 0.1) is 5.92 Å². The molecule has 0 saturated carbocycles. The lowest BCUT2D eigenvalue weighted by Crippen LogP contribution is -2.35. The molecule has 1 aliphatic heterocycles. The maximum atomic E-state index is 11.7. The molecule has 1 N–H and O–H groups in total. The highest BCUT2D eigenvalue weighted by atomic mass is 16.5. The van der Waals surface area contributed by atoms with Crippen molar-refractivity contribution >= 4 is 5.91 Å². The number of pyridine rings is 1. The molecule has 1 aliphatic rings. The first-order valence-corrected chi connectivity index (χ1v) is 7.22. The van der Waals surface area contributed by atoms with Crippen LogP contribution < -0.4 is 10.1 Å². The molecule has 5 heteroatoms. The summed E-state index contributed by atoms with van der Waals surface area (Å²) in [6, 6.07) is 3.57. The zero-order chi connectivity index (χ0) is 14.2. The van der Waals surface area contributed by atoms with Gasteiger partial charge in [0.05, 0.1) is 6.20 Å². The predicted octanol–water partition coefficient (Wildman–Crippen LogP) is 1.31. The van der Waals surface area contributed by atoms with E-state index in [0.29, 0.717) is 11.7 Å². The molecule has 1 fully saturated rings. The normalized spacial score (nSPS) is 19.6. The van der Waals surface area contributed by atoms with Crippen molar-refractivity contribution in [2.24, 2.45) is 5.92 Å². The first-order valence-electron chi connectivity index (χ1n) is 7.22. The van der Waals surface area contributed by atoms with E-state index in [1.165, 1.54) is 19.4 Å². The van der Waals surface area contributed by atoms with Crippen molar-refractivity contribution in [3.05, 3.63) is 24.5 Å². The number of hydrogen-bond acceptors (Lipinski definition) is 4. The first kappa shape index (κ1) is 14.8. The monoisotopic (exact) mass is 277 g/mol. The Balaban J connectivity index is 1.58. The van der Waals surface area contributed by atoms with Gasteiger partial charge in [0.25, 0.3) is 5.91 Å². The van der Waals surface area contributed by atoms with E-state index in [1.54, 1.807) is 24.5 Å². The summed E-state index contributed by atoms with van der Waals surface area (Å²) in [5.74, 6) is 1.25. The lowest BCUT2D eigenvalue weighted by molar-refractivity contribution is -0.123. The van der Waals surface area contributed by atoms with Gasteiger partial charge in [-0.15, -0.1) is 0 Å². The van der Waals surface area contributed by atoms with Crippen molar-refractivity contribution in [1.29, 1.82) is 0 Å². The fourth-order valence-electron chi connectivity index (χ4n) is 2.56. The van der Waals surface area contributed by atoms with E-state index in [9.17, 15) is 4.79 Å². The third-order valence-corrected chi connectivity index (χ3v) is 3.60. The molecule has 1 saturated heterocycles. The van der Waals surface area contributed by atoms with Crippen LogP contribution in [0.4, 0.5) is 0 Å². The minimum absolute atomic E-state index is 0.0518. The summed E-state index contributed by atoms with van der Waals surface area (Å²) in [5, 5.41) is 2.91. The molecule has 0 spiro atoms. The SMILES string of the molecule is CN1CCCC(CCNC(=O)COc2cccnc2)C1. The molecule has 2 rings (SSSR count). The van der Waals surface area contributed by atoms with Gasteiger partial charge in [0.2, 0.25) is 0 Å². The van der Waals surface area contributed by atoms with Crippen LogP contribution in [-0.4, -0.2) is 49.1 Å². The Kier molecular flexibility index (Phi) is 5.80. The van der Waals surface area contributed by atoms with Crippen LogP contribution in [-0.2, 0) is 4.79 Å². The smallest absolute Gasteiger partial charge is 0.257 e. The number of carbonyl (C=O) groups is 1. The molecular formula is C15H23N3O2. The van der Waals surface area contributed by atoms with Crippen LogP contribution in [0.15, 0.2) is 24.5 Å². The van der Waals surface area contributed by atoms with Gasteiger partial charge in [-0.05, 0) is 50.9 Å². The van der Waals surface area contributed by atoms with Crippen molar-refractivity contribution in [3.63, 3.8) is 0 Å². The number of aromatic nitrogens is 1. The second kappa shape index (κ2) is 7.85. The average molecular weight is 277 g/mol. The van der Waals surface area contributed by atoms with Crippen LogP contribution >= 0.6 is 0 Å². The number of rotatable bonds is 6. The number of piperidine rings is 1. The van der Waals surface area contributed by atoms with Crippen LogP contribution in [0.5, 0.6) is 5.75 Å². The fraction of sp³-hybridized carbons (Fsp3) is 0.600. The van der Waals surface area contributed by atoms with Crippen molar-refractivity contribution in [2.45, 2.75) is 19.3 Å². The molecule has 2 heterocycles. The van der Waals surface area contributed by atoms with Gasteiger partial charge in [0.15, 0.2) is 6.61 Å². The zero-order valence-corrected chi connectivity index (χ0v) is 12.0. The summed E-state index contributed by atoms with van der Waals surface area (Å²) >= 11 is 0. The largest absolute Gasteiger partial charge is 0.482 e. The summed E-state index contributed by atoms with van der Waals surface area (Å²) in [6.45, 7) is 3.12. The Bertz CT molecular complexity index is 411. The van der Waals surface area contributed by atoms with Gasteiger partial charge < -0.3 is 15.0 Å². The molecule has 0 aromatic carbocycles. The molecule has 20 heavy (non-hydrogen) atoms. The highest BCUT2D eigenvalue weighted by molar-refractivity contribution is 5.77. The maximum Gasteiger partial charge on any atom is 0.257 e. The van der Waals surface area contributed by atoms with Gasteiger partial charge >= 0.3 is 0 Å². The average Bonchev–Trinajstić information content (AvgIpc) is 2.46. The van der Waals surface area contributed by atoms with Crippen LogP contribution in [0.25, 0.3) is 0 Å². The molecule has 1 aromatic heterocycles. The van der Waals surface area contributed by atoms with Crippen molar-refractivity contribution in [3.8, 4) is 5.75 Å². The fourth-order valence-corrected chi connectivity index (χ4v) is 2.56. The molecule has 110 valence electrons. The van der Waals surface area contributed by atoms with Crippen molar-refractivity contribution < 1.29 is 9.53 Å². The number of likely N-dealkylation sites (tertiary alicyclic amines) is 1. The third-order valence-electron chi connectivity index (χ3n) is 3.60. The Morgan fingerprint density at radius 3 is 3.25 bits per heavy atom. The van der Waals surface area contributed by atoms with Crippen molar-refractivity contribution in [2.75, 3.05) is 33.3 Å². The van der Waals surface area contributed by atoms with E-state index in [-0.39, 0.29) is 12.5 Å². The van der Waals surface area contributed by atoms with E-state index in [4.69, 9.17) is 4.74 Å². The number of nitrogens with one attached hydrogen (secondary N) is 1. The van der Waals surface area contributed by atoms with E-state index in [0.717, 1.165) is 19.5 Å². The highest BCUT2D eigenvalue weighted by Gasteiger charge is 2.16. The second-order valence-corrected chi connectivity index (χ2v) is 5.39. The van der Waals surface area contributed by atoms with Crippen LogP contribution in [0.3, 0.4) is 0 Å². The van der Waals surface area contributed by atoms with Gasteiger partial charge in [-0.25, -0.2) is 0 Å². The Morgan fingerprint density at radius 1 is 1.60 bits per heavy atom. The predicted molar refractivity (Wildman–Crippen MR) is 77.6 cm³/mol. The number of carbonyl (C=O) groups excluding carboxylic acids is 1. The van der Waals surface area contributed by atoms with Gasteiger partial charge in [-0.2, -0.15) is 0 Å². The summed E-state index contributed by atoms with van der Waals surface area (Å²) in [7, 11) is 2.16.